The van der Waals surface area contributed by atoms with Gasteiger partial charge in [-0.2, -0.15) is 5.10 Å². The standard InChI is InChI=1S/C22H22N4O2/c1-13-9-16(10-14(2)23-13)15-6-7-17-19(11-15)26-21(25(3)22(17)27)12-18(24-26)20-5-4-8-28-20/h6-7,9-12,20H,4-5,8H2,1-3H3. The normalized spacial score (nSPS) is 17.0. The molecule has 142 valence electrons. The van der Waals surface area contributed by atoms with Gasteiger partial charge in [0, 0.05) is 31.1 Å². The third kappa shape index (κ3) is 2.64. The second-order valence-electron chi connectivity index (χ2n) is 7.58. The van der Waals surface area contributed by atoms with Gasteiger partial charge < -0.3 is 4.74 Å². The van der Waals surface area contributed by atoms with E-state index in [1.165, 1.54) is 0 Å². The number of hydrogen-bond donors (Lipinski definition) is 0. The van der Waals surface area contributed by atoms with E-state index in [2.05, 4.69) is 17.1 Å². The summed E-state index contributed by atoms with van der Waals surface area (Å²) in [5.74, 6) is 0. The van der Waals surface area contributed by atoms with E-state index in [0.29, 0.717) is 5.39 Å². The molecule has 6 nitrogen and oxygen atoms in total. The largest absolute Gasteiger partial charge is 0.372 e. The average molecular weight is 374 g/mol. The zero-order chi connectivity index (χ0) is 19.4. The monoisotopic (exact) mass is 374 g/mol. The van der Waals surface area contributed by atoms with Crippen molar-refractivity contribution < 1.29 is 4.74 Å². The molecular weight excluding hydrogens is 352 g/mol. The van der Waals surface area contributed by atoms with Crippen molar-refractivity contribution in [3.05, 3.63) is 63.8 Å². The summed E-state index contributed by atoms with van der Waals surface area (Å²) < 4.78 is 9.33. The molecule has 1 saturated heterocycles. The lowest BCUT2D eigenvalue weighted by molar-refractivity contribution is 0.108. The van der Waals surface area contributed by atoms with Gasteiger partial charge in [0.25, 0.3) is 5.56 Å². The van der Waals surface area contributed by atoms with Crippen LogP contribution in [0.15, 0.2) is 41.2 Å². The van der Waals surface area contributed by atoms with Crippen LogP contribution in [0.4, 0.5) is 0 Å². The topological polar surface area (TPSA) is 61.4 Å². The highest BCUT2D eigenvalue weighted by Gasteiger charge is 2.22. The predicted octanol–water partition coefficient (Wildman–Crippen LogP) is 3.72. The van der Waals surface area contributed by atoms with Gasteiger partial charge in [-0.05, 0) is 62.1 Å². The van der Waals surface area contributed by atoms with Crippen LogP contribution in [0.25, 0.3) is 27.7 Å². The van der Waals surface area contributed by atoms with E-state index >= 15 is 0 Å². The zero-order valence-electron chi connectivity index (χ0n) is 16.3. The van der Waals surface area contributed by atoms with E-state index in [4.69, 9.17) is 9.84 Å². The number of aryl methyl sites for hydroxylation is 3. The molecule has 1 unspecified atom stereocenters. The van der Waals surface area contributed by atoms with E-state index in [0.717, 1.165) is 58.8 Å². The maximum Gasteiger partial charge on any atom is 0.261 e. The van der Waals surface area contributed by atoms with Gasteiger partial charge in [0.1, 0.15) is 11.8 Å². The lowest BCUT2D eigenvalue weighted by Crippen LogP contribution is -2.19. The molecule has 0 spiro atoms. The number of fused-ring (bicyclic) bond motifs is 3. The minimum Gasteiger partial charge on any atom is -0.372 e. The van der Waals surface area contributed by atoms with Gasteiger partial charge in [-0.3, -0.25) is 14.3 Å². The number of nitrogens with zero attached hydrogens (tertiary/aromatic N) is 4. The highest BCUT2D eigenvalue weighted by Crippen LogP contribution is 2.30. The van der Waals surface area contributed by atoms with Crippen LogP contribution in [0.2, 0.25) is 0 Å². The van der Waals surface area contributed by atoms with Crippen LogP contribution in [0.3, 0.4) is 0 Å². The van der Waals surface area contributed by atoms with Crippen molar-refractivity contribution in [1.82, 2.24) is 19.2 Å². The van der Waals surface area contributed by atoms with Crippen molar-refractivity contribution in [2.75, 3.05) is 6.61 Å². The molecule has 0 aliphatic carbocycles. The number of ether oxygens (including phenoxy) is 1. The molecule has 6 heteroatoms. The summed E-state index contributed by atoms with van der Waals surface area (Å²) in [5, 5.41) is 5.47. The second kappa shape index (κ2) is 6.27. The van der Waals surface area contributed by atoms with E-state index in [-0.39, 0.29) is 11.7 Å². The molecule has 0 saturated carbocycles. The highest BCUT2D eigenvalue weighted by atomic mass is 16.5. The summed E-state index contributed by atoms with van der Waals surface area (Å²) in [4.78, 5) is 17.4. The fourth-order valence-corrected chi connectivity index (χ4v) is 4.13. The Bertz CT molecular complexity index is 1260. The van der Waals surface area contributed by atoms with Gasteiger partial charge in [-0.15, -0.1) is 0 Å². The smallest absolute Gasteiger partial charge is 0.261 e. The molecular formula is C22H22N4O2. The molecule has 4 aromatic rings. The van der Waals surface area contributed by atoms with Gasteiger partial charge >= 0.3 is 0 Å². The maximum atomic E-state index is 12.9. The third-order valence-corrected chi connectivity index (χ3v) is 5.49. The number of pyridine rings is 1. The molecule has 4 heterocycles. The van der Waals surface area contributed by atoms with E-state index in [1.807, 2.05) is 42.6 Å². The quantitative estimate of drug-likeness (QED) is 0.537. The first-order valence-electron chi connectivity index (χ1n) is 9.61. The summed E-state index contributed by atoms with van der Waals surface area (Å²) in [6.45, 7) is 4.75. The highest BCUT2D eigenvalue weighted by molar-refractivity contribution is 5.85. The van der Waals surface area contributed by atoms with Crippen LogP contribution < -0.4 is 5.56 Å². The molecule has 5 rings (SSSR count). The van der Waals surface area contributed by atoms with Gasteiger partial charge in [0.15, 0.2) is 0 Å². The average Bonchev–Trinajstić information content (AvgIpc) is 3.34. The van der Waals surface area contributed by atoms with E-state index < -0.39 is 0 Å². The Labute approximate surface area is 162 Å². The molecule has 3 aromatic heterocycles. The summed E-state index contributed by atoms with van der Waals surface area (Å²) in [6.07, 6.45) is 2.03. The van der Waals surface area contributed by atoms with Gasteiger partial charge in [-0.1, -0.05) is 6.07 Å². The number of rotatable bonds is 2. The molecule has 0 amide bonds. The third-order valence-electron chi connectivity index (χ3n) is 5.49. The van der Waals surface area contributed by atoms with Gasteiger partial charge in [-0.25, -0.2) is 4.52 Å². The van der Waals surface area contributed by atoms with Crippen LogP contribution in [-0.4, -0.2) is 25.8 Å². The first-order valence-corrected chi connectivity index (χ1v) is 9.61. The van der Waals surface area contributed by atoms with Crippen molar-refractivity contribution in [1.29, 1.82) is 0 Å². The van der Waals surface area contributed by atoms with Gasteiger partial charge in [0.2, 0.25) is 0 Å². The fourth-order valence-electron chi connectivity index (χ4n) is 4.13. The minimum atomic E-state index is -0.0186. The Hall–Kier alpha value is -2.99. The lowest BCUT2D eigenvalue weighted by atomic mass is 10.0. The second-order valence-corrected chi connectivity index (χ2v) is 7.58. The fraction of sp³-hybridized carbons (Fsp3) is 0.318. The Morgan fingerprint density at radius 1 is 1.07 bits per heavy atom. The van der Waals surface area contributed by atoms with Crippen molar-refractivity contribution in [3.63, 3.8) is 0 Å². The van der Waals surface area contributed by atoms with Crippen LogP contribution in [0.5, 0.6) is 0 Å². The lowest BCUT2D eigenvalue weighted by Gasteiger charge is -2.09. The SMILES string of the molecule is Cc1cc(-c2ccc3c(=O)n(C)c4cc(C5CCCO5)nn4c3c2)cc(C)n1. The van der Waals surface area contributed by atoms with Crippen molar-refractivity contribution in [2.24, 2.45) is 7.05 Å². The Balaban J connectivity index is 1.78. The molecule has 1 atom stereocenters. The Morgan fingerprint density at radius 3 is 2.57 bits per heavy atom. The summed E-state index contributed by atoms with van der Waals surface area (Å²) in [5.41, 5.74) is 6.55. The van der Waals surface area contributed by atoms with Crippen LogP contribution >= 0.6 is 0 Å². The molecule has 0 radical (unpaired) electrons. The Morgan fingerprint density at radius 2 is 1.86 bits per heavy atom. The minimum absolute atomic E-state index is 0.0127. The van der Waals surface area contributed by atoms with Crippen LogP contribution in [-0.2, 0) is 11.8 Å². The number of aromatic nitrogens is 4. The zero-order valence-corrected chi connectivity index (χ0v) is 16.3. The molecule has 0 bridgehead atoms. The molecule has 0 N–H and O–H groups in total. The number of hydrogen-bond acceptors (Lipinski definition) is 4. The molecule has 1 fully saturated rings. The van der Waals surface area contributed by atoms with E-state index in [1.54, 1.807) is 11.6 Å². The van der Waals surface area contributed by atoms with Crippen molar-refractivity contribution in [3.8, 4) is 11.1 Å². The molecule has 1 aliphatic rings. The summed E-state index contributed by atoms with van der Waals surface area (Å²) in [6, 6.07) is 12.0. The maximum absolute atomic E-state index is 12.9. The Kier molecular flexibility index (Phi) is 3.84. The predicted molar refractivity (Wildman–Crippen MR) is 109 cm³/mol. The summed E-state index contributed by atoms with van der Waals surface area (Å²) in [7, 11) is 1.79. The van der Waals surface area contributed by atoms with Crippen LogP contribution in [0.1, 0.15) is 36.0 Å². The first-order chi connectivity index (χ1) is 13.5. The summed E-state index contributed by atoms with van der Waals surface area (Å²) >= 11 is 0. The molecule has 28 heavy (non-hydrogen) atoms. The molecule has 1 aromatic carbocycles. The molecule has 1 aliphatic heterocycles. The van der Waals surface area contributed by atoms with Crippen LogP contribution in [0, 0.1) is 13.8 Å². The van der Waals surface area contributed by atoms with Crippen molar-refractivity contribution >= 4 is 16.6 Å². The van der Waals surface area contributed by atoms with Crippen molar-refractivity contribution in [2.45, 2.75) is 32.8 Å². The van der Waals surface area contributed by atoms with E-state index in [9.17, 15) is 4.79 Å². The van der Waals surface area contributed by atoms with Gasteiger partial charge in [0.05, 0.1) is 16.6 Å². The first kappa shape index (κ1) is 17.1. The number of benzene rings is 1.